The number of aliphatic hydroxyl groups is 3. The highest BCUT2D eigenvalue weighted by Gasteiger charge is 2.61. The monoisotopic (exact) mass is 338 g/mol. The molecule has 0 spiro atoms. The van der Waals surface area contributed by atoms with Crippen LogP contribution in [-0.4, -0.2) is 38.4 Å². The second-order valence-corrected chi connectivity index (χ2v) is 9.98. The maximum absolute atomic E-state index is 12.6. The first kappa shape index (κ1) is 18.3. The van der Waals surface area contributed by atoms with Gasteiger partial charge in [-0.1, -0.05) is 27.7 Å². The van der Waals surface area contributed by atoms with E-state index >= 15 is 0 Å². The predicted octanol–water partition coefficient (Wildman–Crippen LogP) is 2.54. The van der Waals surface area contributed by atoms with E-state index < -0.39 is 23.2 Å². The van der Waals surface area contributed by atoms with Crippen molar-refractivity contribution in [1.29, 1.82) is 0 Å². The summed E-state index contributed by atoms with van der Waals surface area (Å²) in [4.78, 5) is 12.6. The molecule has 0 heterocycles. The second kappa shape index (κ2) is 5.52. The standard InChI is InChI=1S/C20H34O4/c1-11-8-14-13(18(14,3)4)6-7-19(5,23)10-15-16(21)12(2)9-20(15,24)17(11)22/h11-15,17,22-24H,6-10H2,1-5H3/t11-,12?,13+,14-,15+,17?,19+,20-/m1/s1. The van der Waals surface area contributed by atoms with E-state index in [1.165, 1.54) is 0 Å². The smallest absolute Gasteiger partial charge is 0.141 e. The van der Waals surface area contributed by atoms with Gasteiger partial charge in [-0.05, 0) is 62.2 Å². The van der Waals surface area contributed by atoms with Crippen LogP contribution in [0.5, 0.6) is 0 Å². The van der Waals surface area contributed by atoms with Crippen molar-refractivity contribution >= 4 is 5.78 Å². The molecule has 2 unspecified atom stereocenters. The van der Waals surface area contributed by atoms with Gasteiger partial charge in [0.2, 0.25) is 0 Å². The first-order valence-corrected chi connectivity index (χ1v) is 9.56. The van der Waals surface area contributed by atoms with Crippen molar-refractivity contribution in [2.45, 2.75) is 84.0 Å². The fraction of sp³-hybridized carbons (Fsp3) is 0.950. The summed E-state index contributed by atoms with van der Waals surface area (Å²) in [6, 6.07) is 0. The van der Waals surface area contributed by atoms with Crippen LogP contribution in [0.4, 0.5) is 0 Å². The molecule has 0 aliphatic heterocycles. The number of rotatable bonds is 0. The van der Waals surface area contributed by atoms with Gasteiger partial charge in [-0.3, -0.25) is 4.79 Å². The predicted molar refractivity (Wildman–Crippen MR) is 92.3 cm³/mol. The second-order valence-electron chi connectivity index (χ2n) is 9.98. The van der Waals surface area contributed by atoms with Crippen LogP contribution in [0.1, 0.15) is 66.7 Å². The van der Waals surface area contributed by atoms with E-state index in [0.29, 0.717) is 24.7 Å². The molecule has 0 aromatic heterocycles. The van der Waals surface area contributed by atoms with Crippen molar-refractivity contribution in [2.75, 3.05) is 0 Å². The van der Waals surface area contributed by atoms with Gasteiger partial charge in [0.25, 0.3) is 0 Å². The van der Waals surface area contributed by atoms with Crippen molar-refractivity contribution in [3.63, 3.8) is 0 Å². The van der Waals surface area contributed by atoms with E-state index in [4.69, 9.17) is 0 Å². The van der Waals surface area contributed by atoms with E-state index in [1.807, 2.05) is 13.8 Å². The maximum atomic E-state index is 12.6. The molecule has 3 rings (SSSR count). The summed E-state index contributed by atoms with van der Waals surface area (Å²) in [5, 5.41) is 33.1. The molecule has 3 aliphatic carbocycles. The van der Waals surface area contributed by atoms with Crippen molar-refractivity contribution in [1.82, 2.24) is 0 Å². The van der Waals surface area contributed by atoms with E-state index in [-0.39, 0.29) is 29.5 Å². The third-order valence-corrected chi connectivity index (χ3v) is 7.67. The first-order chi connectivity index (χ1) is 10.9. The molecule has 3 N–H and O–H groups in total. The van der Waals surface area contributed by atoms with Gasteiger partial charge >= 0.3 is 0 Å². The topological polar surface area (TPSA) is 77.8 Å². The number of hydrogen-bond donors (Lipinski definition) is 3. The van der Waals surface area contributed by atoms with Crippen molar-refractivity contribution in [2.24, 2.45) is 35.0 Å². The zero-order chi connectivity index (χ0) is 18.1. The van der Waals surface area contributed by atoms with Crippen LogP contribution >= 0.6 is 0 Å². The maximum Gasteiger partial charge on any atom is 0.141 e. The molecule has 0 amide bonds. The van der Waals surface area contributed by atoms with Gasteiger partial charge in [0.15, 0.2) is 0 Å². The van der Waals surface area contributed by atoms with Gasteiger partial charge in [-0.15, -0.1) is 0 Å². The Hall–Kier alpha value is -0.450. The summed E-state index contributed by atoms with van der Waals surface area (Å²) < 4.78 is 0. The van der Waals surface area contributed by atoms with E-state index in [1.54, 1.807) is 6.92 Å². The average molecular weight is 338 g/mol. The molecule has 0 bridgehead atoms. The summed E-state index contributed by atoms with van der Waals surface area (Å²) in [5.41, 5.74) is -2.14. The molecule has 4 heteroatoms. The highest BCUT2D eigenvalue weighted by Crippen LogP contribution is 2.64. The average Bonchev–Trinajstić information content (AvgIpc) is 2.91. The minimum absolute atomic E-state index is 0.00578. The molecule has 0 saturated heterocycles. The largest absolute Gasteiger partial charge is 0.390 e. The quantitative estimate of drug-likeness (QED) is 0.634. The van der Waals surface area contributed by atoms with E-state index in [0.717, 1.165) is 12.8 Å². The van der Waals surface area contributed by atoms with Crippen molar-refractivity contribution in [3.05, 3.63) is 0 Å². The Morgan fingerprint density at radius 3 is 2.29 bits per heavy atom. The Morgan fingerprint density at radius 2 is 1.67 bits per heavy atom. The molecule has 4 nitrogen and oxygen atoms in total. The fourth-order valence-corrected chi connectivity index (χ4v) is 5.86. The first-order valence-electron chi connectivity index (χ1n) is 9.56. The van der Waals surface area contributed by atoms with E-state index in [2.05, 4.69) is 13.8 Å². The summed E-state index contributed by atoms with van der Waals surface area (Å²) in [6.07, 6.45) is 2.10. The number of aliphatic hydroxyl groups excluding tert-OH is 1. The summed E-state index contributed by atoms with van der Waals surface area (Å²) in [7, 11) is 0. The van der Waals surface area contributed by atoms with Gasteiger partial charge in [0.1, 0.15) is 11.4 Å². The number of Topliss-reactive ketones (excluding diaryl/α,β-unsaturated/α-hetero) is 1. The van der Waals surface area contributed by atoms with Gasteiger partial charge < -0.3 is 15.3 Å². The number of fused-ring (bicyclic) bond motifs is 2. The lowest BCUT2D eigenvalue weighted by atomic mass is 9.74. The lowest BCUT2D eigenvalue weighted by Gasteiger charge is -2.39. The molecule has 3 fully saturated rings. The number of carbonyl (C=O) groups excluding carboxylic acids is 1. The molecule has 0 radical (unpaired) electrons. The molecule has 3 aliphatic rings. The van der Waals surface area contributed by atoms with Crippen LogP contribution in [0, 0.1) is 35.0 Å². The minimum atomic E-state index is -1.40. The Morgan fingerprint density at radius 1 is 1.04 bits per heavy atom. The molecular formula is C20H34O4. The molecule has 0 aromatic rings. The van der Waals surface area contributed by atoms with Gasteiger partial charge in [0.05, 0.1) is 17.6 Å². The number of ketones is 1. The molecule has 138 valence electrons. The zero-order valence-corrected chi connectivity index (χ0v) is 15.7. The number of carbonyl (C=O) groups is 1. The van der Waals surface area contributed by atoms with E-state index in [9.17, 15) is 20.1 Å². The fourth-order valence-electron chi connectivity index (χ4n) is 5.86. The zero-order valence-electron chi connectivity index (χ0n) is 15.7. The Labute approximate surface area is 145 Å². The summed E-state index contributed by atoms with van der Waals surface area (Å²) in [6.45, 7) is 10.1. The van der Waals surface area contributed by atoms with Crippen LogP contribution in [0.3, 0.4) is 0 Å². The highest BCUT2D eigenvalue weighted by molar-refractivity contribution is 5.87. The normalized spacial score (nSPS) is 54.6. The Balaban J connectivity index is 1.94. The summed E-state index contributed by atoms with van der Waals surface area (Å²) >= 11 is 0. The lowest BCUT2D eigenvalue weighted by molar-refractivity contribution is -0.149. The molecule has 24 heavy (non-hydrogen) atoms. The Kier molecular flexibility index (Phi) is 4.22. The highest BCUT2D eigenvalue weighted by atomic mass is 16.3. The Bertz CT molecular complexity index is 526. The van der Waals surface area contributed by atoms with Gasteiger partial charge in [-0.2, -0.15) is 0 Å². The molecule has 3 saturated carbocycles. The lowest BCUT2D eigenvalue weighted by Crippen LogP contribution is -2.52. The molecule has 0 aromatic carbocycles. The SMILES string of the molecule is CC1C[C@]2(O)C(O)[C@H](C)C[C@@H]3[C@H](CC[C@](C)(O)C[C@H]2C1=O)C3(C)C. The van der Waals surface area contributed by atoms with Crippen LogP contribution in [0.25, 0.3) is 0 Å². The molecule has 8 atom stereocenters. The van der Waals surface area contributed by atoms with Crippen molar-refractivity contribution < 1.29 is 20.1 Å². The third kappa shape index (κ3) is 2.75. The van der Waals surface area contributed by atoms with Crippen LogP contribution < -0.4 is 0 Å². The molecular weight excluding hydrogens is 304 g/mol. The van der Waals surface area contributed by atoms with Crippen molar-refractivity contribution in [3.8, 4) is 0 Å². The third-order valence-electron chi connectivity index (χ3n) is 7.67. The van der Waals surface area contributed by atoms with Crippen LogP contribution in [0.15, 0.2) is 0 Å². The van der Waals surface area contributed by atoms with Crippen LogP contribution in [0.2, 0.25) is 0 Å². The minimum Gasteiger partial charge on any atom is -0.390 e. The van der Waals surface area contributed by atoms with Gasteiger partial charge in [0, 0.05) is 5.92 Å². The van der Waals surface area contributed by atoms with Gasteiger partial charge in [-0.25, -0.2) is 0 Å². The van der Waals surface area contributed by atoms with Crippen LogP contribution in [-0.2, 0) is 4.79 Å². The number of hydrogen-bond acceptors (Lipinski definition) is 4. The summed E-state index contributed by atoms with van der Waals surface area (Å²) in [5.74, 6) is 0.100.